The highest BCUT2D eigenvalue weighted by molar-refractivity contribution is 5.75. The molecule has 0 amide bonds. The average Bonchev–Trinajstić information content (AvgIpc) is 2.59. The van der Waals surface area contributed by atoms with E-state index in [1.54, 1.807) is 0 Å². The van der Waals surface area contributed by atoms with Gasteiger partial charge in [-0.2, -0.15) is 0 Å². The third-order valence-corrected chi connectivity index (χ3v) is 2.83. The van der Waals surface area contributed by atoms with E-state index in [0.717, 1.165) is 23.2 Å². The van der Waals surface area contributed by atoms with Crippen LogP contribution < -0.4 is 5.73 Å². The Kier molecular flexibility index (Phi) is 3.16. The van der Waals surface area contributed by atoms with Crippen molar-refractivity contribution in [1.82, 2.24) is 5.16 Å². The predicted molar refractivity (Wildman–Crippen MR) is 74.2 cm³/mol. The summed E-state index contributed by atoms with van der Waals surface area (Å²) in [5.74, 6) is 0.401. The highest BCUT2D eigenvalue weighted by Gasteiger charge is 2.21. The van der Waals surface area contributed by atoms with Crippen molar-refractivity contribution in [3.63, 3.8) is 0 Å². The lowest BCUT2D eigenvalue weighted by Gasteiger charge is -2.16. The summed E-state index contributed by atoms with van der Waals surface area (Å²) in [5.41, 5.74) is 10.2. The quantitative estimate of drug-likeness (QED) is 0.873. The number of nitrogens with zero attached hydrogens (tertiary/aromatic N) is 1. The first-order valence-corrected chi connectivity index (χ1v) is 6.18. The summed E-state index contributed by atoms with van der Waals surface area (Å²) in [4.78, 5) is 0. The van der Waals surface area contributed by atoms with Gasteiger partial charge in [-0.05, 0) is 24.3 Å². The lowest BCUT2D eigenvalue weighted by Crippen LogP contribution is -2.10. The van der Waals surface area contributed by atoms with Crippen molar-refractivity contribution >= 4 is 5.88 Å². The molecule has 2 aromatic rings. The van der Waals surface area contributed by atoms with Crippen LogP contribution in [0.2, 0.25) is 0 Å². The van der Waals surface area contributed by atoms with Gasteiger partial charge in [0.1, 0.15) is 0 Å². The molecule has 1 heterocycles. The van der Waals surface area contributed by atoms with Gasteiger partial charge in [0.25, 0.3) is 0 Å². The summed E-state index contributed by atoms with van der Waals surface area (Å²) >= 11 is 0. The second-order valence-electron chi connectivity index (χ2n) is 5.97. The molecule has 3 heteroatoms. The highest BCUT2D eigenvalue weighted by atomic mass is 16.5. The van der Waals surface area contributed by atoms with Crippen LogP contribution in [0.1, 0.15) is 32.0 Å². The molecule has 0 aliphatic carbocycles. The summed E-state index contributed by atoms with van der Waals surface area (Å²) in [7, 11) is 0. The molecular weight excluding hydrogens is 224 g/mol. The van der Waals surface area contributed by atoms with Gasteiger partial charge in [-0.1, -0.05) is 55.8 Å². The number of anilines is 1. The van der Waals surface area contributed by atoms with Crippen molar-refractivity contribution in [3.8, 4) is 11.1 Å². The van der Waals surface area contributed by atoms with Crippen LogP contribution in [0.3, 0.4) is 0 Å². The summed E-state index contributed by atoms with van der Waals surface area (Å²) in [6, 6.07) is 8.26. The fraction of sp³-hybridized carbons (Fsp3) is 0.400. The Balaban J connectivity index is 2.43. The van der Waals surface area contributed by atoms with Gasteiger partial charge >= 0.3 is 0 Å². The zero-order chi connectivity index (χ0) is 13.3. The Labute approximate surface area is 108 Å². The number of nitrogen functional groups attached to an aromatic ring is 1. The van der Waals surface area contributed by atoms with Crippen LogP contribution in [-0.2, 0) is 6.42 Å². The zero-order valence-corrected chi connectivity index (χ0v) is 11.4. The van der Waals surface area contributed by atoms with E-state index >= 15 is 0 Å². The second-order valence-corrected chi connectivity index (χ2v) is 5.97. The van der Waals surface area contributed by atoms with E-state index in [2.05, 4.69) is 57.1 Å². The molecule has 2 N–H and O–H groups in total. The van der Waals surface area contributed by atoms with Gasteiger partial charge in [0, 0.05) is 0 Å². The van der Waals surface area contributed by atoms with Crippen molar-refractivity contribution in [2.45, 2.75) is 34.1 Å². The smallest absolute Gasteiger partial charge is 0.230 e. The van der Waals surface area contributed by atoms with E-state index in [-0.39, 0.29) is 5.41 Å². The molecule has 2 rings (SSSR count). The van der Waals surface area contributed by atoms with E-state index in [9.17, 15) is 0 Å². The van der Waals surface area contributed by atoms with Gasteiger partial charge in [0.15, 0.2) is 0 Å². The number of hydrogen-bond acceptors (Lipinski definition) is 3. The highest BCUT2D eigenvalue weighted by Crippen LogP contribution is 2.33. The van der Waals surface area contributed by atoms with Gasteiger partial charge in [-0.3, -0.25) is 0 Å². The Morgan fingerprint density at radius 1 is 1.17 bits per heavy atom. The Hall–Kier alpha value is -1.77. The van der Waals surface area contributed by atoms with E-state index in [1.807, 2.05) is 0 Å². The summed E-state index contributed by atoms with van der Waals surface area (Å²) in [6.45, 7) is 8.60. The predicted octanol–water partition coefficient (Wildman–Crippen LogP) is 3.82. The molecule has 0 saturated carbocycles. The SMILES string of the molecule is Cc1ccc(-c2c(CC(C)(C)C)noc2N)cc1. The van der Waals surface area contributed by atoms with E-state index < -0.39 is 0 Å². The third-order valence-electron chi connectivity index (χ3n) is 2.83. The van der Waals surface area contributed by atoms with Crippen LogP contribution in [-0.4, -0.2) is 5.16 Å². The Morgan fingerprint density at radius 2 is 1.78 bits per heavy atom. The summed E-state index contributed by atoms with van der Waals surface area (Å²) < 4.78 is 5.15. The number of benzene rings is 1. The van der Waals surface area contributed by atoms with Gasteiger partial charge in [-0.15, -0.1) is 0 Å². The van der Waals surface area contributed by atoms with E-state index in [1.165, 1.54) is 5.56 Å². The molecule has 1 aromatic carbocycles. The van der Waals surface area contributed by atoms with Crippen LogP contribution in [0.5, 0.6) is 0 Å². The number of hydrogen-bond donors (Lipinski definition) is 1. The molecule has 0 radical (unpaired) electrons. The fourth-order valence-electron chi connectivity index (χ4n) is 1.99. The molecule has 0 atom stereocenters. The second kappa shape index (κ2) is 4.48. The van der Waals surface area contributed by atoms with Crippen LogP contribution >= 0.6 is 0 Å². The molecule has 96 valence electrons. The van der Waals surface area contributed by atoms with Crippen LogP contribution in [0.15, 0.2) is 28.8 Å². The minimum atomic E-state index is 0.156. The van der Waals surface area contributed by atoms with Gasteiger partial charge in [0.05, 0.1) is 11.3 Å². The summed E-state index contributed by atoms with van der Waals surface area (Å²) in [5, 5.41) is 4.10. The molecule has 0 aliphatic rings. The molecule has 0 fully saturated rings. The monoisotopic (exact) mass is 244 g/mol. The number of aryl methyl sites for hydroxylation is 1. The first-order chi connectivity index (χ1) is 8.37. The fourth-order valence-corrected chi connectivity index (χ4v) is 1.99. The van der Waals surface area contributed by atoms with Crippen LogP contribution in [0, 0.1) is 12.3 Å². The normalized spacial score (nSPS) is 11.8. The zero-order valence-electron chi connectivity index (χ0n) is 11.4. The average molecular weight is 244 g/mol. The number of rotatable bonds is 2. The van der Waals surface area contributed by atoms with Crippen LogP contribution in [0.25, 0.3) is 11.1 Å². The van der Waals surface area contributed by atoms with E-state index in [0.29, 0.717) is 5.88 Å². The minimum Gasteiger partial charge on any atom is -0.367 e. The maximum atomic E-state index is 5.90. The molecular formula is C15H20N2O. The molecule has 0 unspecified atom stereocenters. The largest absolute Gasteiger partial charge is 0.367 e. The first-order valence-electron chi connectivity index (χ1n) is 6.18. The van der Waals surface area contributed by atoms with Gasteiger partial charge in [-0.25, -0.2) is 0 Å². The molecule has 0 spiro atoms. The molecule has 0 saturated heterocycles. The lowest BCUT2D eigenvalue weighted by atomic mass is 9.88. The van der Waals surface area contributed by atoms with Crippen LogP contribution in [0.4, 0.5) is 5.88 Å². The van der Waals surface area contributed by atoms with Crippen molar-refractivity contribution in [1.29, 1.82) is 0 Å². The van der Waals surface area contributed by atoms with Crippen molar-refractivity contribution in [2.75, 3.05) is 5.73 Å². The lowest BCUT2D eigenvalue weighted by molar-refractivity contribution is 0.377. The Bertz CT molecular complexity index is 533. The maximum Gasteiger partial charge on any atom is 0.230 e. The molecule has 3 nitrogen and oxygen atoms in total. The van der Waals surface area contributed by atoms with Gasteiger partial charge < -0.3 is 10.3 Å². The molecule has 1 aromatic heterocycles. The minimum absolute atomic E-state index is 0.156. The topological polar surface area (TPSA) is 52.0 Å². The van der Waals surface area contributed by atoms with Crippen molar-refractivity contribution < 1.29 is 4.52 Å². The van der Waals surface area contributed by atoms with Crippen molar-refractivity contribution in [3.05, 3.63) is 35.5 Å². The standard InChI is InChI=1S/C15H20N2O/c1-10-5-7-11(8-6-10)13-12(9-15(2,3)4)17-18-14(13)16/h5-8H,9,16H2,1-4H3. The molecule has 0 bridgehead atoms. The Morgan fingerprint density at radius 3 is 2.33 bits per heavy atom. The van der Waals surface area contributed by atoms with Crippen molar-refractivity contribution in [2.24, 2.45) is 5.41 Å². The third kappa shape index (κ3) is 2.73. The molecule has 0 aliphatic heterocycles. The number of nitrogens with two attached hydrogens (primary N) is 1. The van der Waals surface area contributed by atoms with E-state index in [4.69, 9.17) is 10.3 Å². The first kappa shape index (κ1) is 12.7. The molecule has 18 heavy (non-hydrogen) atoms. The summed E-state index contributed by atoms with van der Waals surface area (Å²) in [6.07, 6.45) is 0.844. The van der Waals surface area contributed by atoms with Gasteiger partial charge in [0.2, 0.25) is 5.88 Å². The number of aromatic nitrogens is 1. The maximum absolute atomic E-state index is 5.90.